The number of aliphatic carboxylic acids is 1. The second kappa shape index (κ2) is 8.83. The molecule has 124 valence electrons. The number of carboxylic acid groups (broad SMARTS) is 1. The Balaban J connectivity index is 1.61. The molecule has 1 aliphatic rings. The highest BCUT2D eigenvalue weighted by Crippen LogP contribution is 2.22. The van der Waals surface area contributed by atoms with E-state index in [1.54, 1.807) is 6.07 Å². The molecule has 0 atom stereocenters. The molecule has 1 aromatic carbocycles. The number of hydrogen-bond donors (Lipinski definition) is 2. The molecule has 2 N–H and O–H groups in total. The number of fused-ring (bicyclic) bond motifs is 1. The molecule has 0 saturated carbocycles. The van der Waals surface area contributed by atoms with E-state index in [-0.39, 0.29) is 24.8 Å². The summed E-state index contributed by atoms with van der Waals surface area (Å²) in [7, 11) is 3.01. The fraction of sp³-hybridized carbons (Fsp3) is 0.400. The third-order valence-corrected chi connectivity index (χ3v) is 5.63. The number of rotatable bonds is 9. The van der Waals surface area contributed by atoms with Gasteiger partial charge >= 0.3 is 5.97 Å². The lowest BCUT2D eigenvalue weighted by molar-refractivity contribution is -0.136. The van der Waals surface area contributed by atoms with Gasteiger partial charge in [-0.3, -0.25) is 14.4 Å². The maximum absolute atomic E-state index is 12.1. The first-order valence-corrected chi connectivity index (χ1v) is 9.67. The SMILES string of the molecule is O=C(O)CCSSCCNC(=O)CN1Cc2ccccc2C1=O. The summed E-state index contributed by atoms with van der Waals surface area (Å²) in [4.78, 5) is 35.9. The van der Waals surface area contributed by atoms with Crippen LogP contribution in [0.15, 0.2) is 24.3 Å². The van der Waals surface area contributed by atoms with Gasteiger partial charge in [0.15, 0.2) is 0 Å². The molecular weight excluding hydrogens is 336 g/mol. The van der Waals surface area contributed by atoms with Crippen LogP contribution in [-0.2, 0) is 16.1 Å². The zero-order valence-corrected chi connectivity index (χ0v) is 14.1. The van der Waals surface area contributed by atoms with E-state index in [1.807, 2.05) is 18.2 Å². The van der Waals surface area contributed by atoms with Gasteiger partial charge in [0.05, 0.1) is 6.42 Å². The zero-order chi connectivity index (χ0) is 16.7. The summed E-state index contributed by atoms with van der Waals surface area (Å²) in [6, 6.07) is 7.38. The minimum Gasteiger partial charge on any atom is -0.481 e. The lowest BCUT2D eigenvalue weighted by Gasteiger charge is -2.15. The first kappa shape index (κ1) is 17.7. The Morgan fingerprint density at radius 2 is 1.96 bits per heavy atom. The minimum atomic E-state index is -0.803. The maximum Gasteiger partial charge on any atom is 0.304 e. The predicted molar refractivity (Wildman–Crippen MR) is 91.4 cm³/mol. The average molecular weight is 354 g/mol. The summed E-state index contributed by atoms with van der Waals surface area (Å²) in [5.74, 6) is 0.165. The van der Waals surface area contributed by atoms with E-state index in [0.29, 0.717) is 30.2 Å². The van der Waals surface area contributed by atoms with Crippen molar-refractivity contribution in [1.29, 1.82) is 0 Å². The minimum absolute atomic E-state index is 0.0599. The Kier molecular flexibility index (Phi) is 6.79. The van der Waals surface area contributed by atoms with Crippen molar-refractivity contribution in [3.8, 4) is 0 Å². The molecule has 0 fully saturated rings. The zero-order valence-electron chi connectivity index (χ0n) is 12.5. The smallest absolute Gasteiger partial charge is 0.304 e. The summed E-state index contributed by atoms with van der Waals surface area (Å²) in [5, 5.41) is 11.3. The molecule has 0 spiro atoms. The summed E-state index contributed by atoms with van der Waals surface area (Å²) < 4.78 is 0. The highest BCUT2D eigenvalue weighted by molar-refractivity contribution is 8.76. The van der Waals surface area contributed by atoms with Gasteiger partial charge in [0.2, 0.25) is 5.91 Å². The van der Waals surface area contributed by atoms with Crippen LogP contribution in [0.3, 0.4) is 0 Å². The van der Waals surface area contributed by atoms with Gasteiger partial charge in [-0.15, -0.1) is 0 Å². The first-order valence-electron chi connectivity index (χ1n) is 7.18. The van der Waals surface area contributed by atoms with Crippen molar-refractivity contribution in [2.24, 2.45) is 0 Å². The number of hydrogen-bond acceptors (Lipinski definition) is 5. The van der Waals surface area contributed by atoms with E-state index >= 15 is 0 Å². The Labute approximate surface area is 142 Å². The summed E-state index contributed by atoms with van der Waals surface area (Å²) >= 11 is 0. The van der Waals surface area contributed by atoms with Crippen LogP contribution >= 0.6 is 21.6 Å². The molecular formula is C15H18N2O4S2. The molecule has 0 saturated heterocycles. The van der Waals surface area contributed by atoms with Crippen molar-refractivity contribution in [2.45, 2.75) is 13.0 Å². The van der Waals surface area contributed by atoms with Gasteiger partial charge in [-0.25, -0.2) is 0 Å². The Hall–Kier alpha value is -1.67. The lowest BCUT2D eigenvalue weighted by Crippen LogP contribution is -2.38. The van der Waals surface area contributed by atoms with E-state index in [4.69, 9.17) is 5.11 Å². The maximum atomic E-state index is 12.1. The van der Waals surface area contributed by atoms with Crippen molar-refractivity contribution >= 4 is 39.4 Å². The van der Waals surface area contributed by atoms with Gasteiger partial charge < -0.3 is 15.3 Å². The molecule has 2 rings (SSSR count). The monoisotopic (exact) mass is 354 g/mol. The summed E-state index contributed by atoms with van der Waals surface area (Å²) in [6.07, 6.45) is 0.141. The van der Waals surface area contributed by atoms with E-state index in [0.717, 1.165) is 5.56 Å². The standard InChI is InChI=1S/C15H18N2O4S2/c18-13(16-6-8-23-22-7-5-14(19)20)10-17-9-11-3-1-2-4-12(11)15(17)21/h1-4H,5-10H2,(H,16,18)(H,19,20). The van der Waals surface area contributed by atoms with Crippen molar-refractivity contribution < 1.29 is 19.5 Å². The second-order valence-electron chi connectivity index (χ2n) is 4.96. The highest BCUT2D eigenvalue weighted by Gasteiger charge is 2.27. The molecule has 1 aromatic rings. The number of nitrogens with one attached hydrogen (secondary N) is 1. The molecule has 0 unspecified atom stereocenters. The quantitative estimate of drug-likeness (QED) is 0.518. The van der Waals surface area contributed by atoms with Gasteiger partial charge in [-0.05, 0) is 11.6 Å². The molecule has 2 amide bonds. The van der Waals surface area contributed by atoms with Gasteiger partial charge in [-0.1, -0.05) is 39.8 Å². The van der Waals surface area contributed by atoms with Crippen LogP contribution in [0.5, 0.6) is 0 Å². The molecule has 0 aromatic heterocycles. The Morgan fingerprint density at radius 1 is 1.22 bits per heavy atom. The number of carbonyl (C=O) groups excluding carboxylic acids is 2. The molecule has 6 nitrogen and oxygen atoms in total. The Morgan fingerprint density at radius 3 is 2.70 bits per heavy atom. The topological polar surface area (TPSA) is 86.7 Å². The van der Waals surface area contributed by atoms with Crippen LogP contribution in [0, 0.1) is 0 Å². The molecule has 0 aliphatic carbocycles. The van der Waals surface area contributed by atoms with E-state index in [1.165, 1.54) is 26.5 Å². The molecule has 1 aliphatic heterocycles. The predicted octanol–water partition coefficient (Wildman–Crippen LogP) is 1.61. The molecule has 8 heteroatoms. The third kappa shape index (κ3) is 5.47. The van der Waals surface area contributed by atoms with Gasteiger partial charge in [0.1, 0.15) is 6.54 Å². The van der Waals surface area contributed by atoms with Gasteiger partial charge in [0.25, 0.3) is 5.91 Å². The third-order valence-electron chi connectivity index (χ3n) is 3.22. The average Bonchev–Trinajstić information content (AvgIpc) is 2.83. The van der Waals surface area contributed by atoms with Crippen molar-refractivity contribution in [3.63, 3.8) is 0 Å². The van der Waals surface area contributed by atoms with Crippen LogP contribution in [0.1, 0.15) is 22.3 Å². The number of carbonyl (C=O) groups is 3. The van der Waals surface area contributed by atoms with Gasteiger partial charge in [-0.2, -0.15) is 0 Å². The van der Waals surface area contributed by atoms with E-state index < -0.39 is 5.97 Å². The molecule has 0 bridgehead atoms. The number of nitrogens with zero attached hydrogens (tertiary/aromatic N) is 1. The first-order chi connectivity index (χ1) is 11.1. The van der Waals surface area contributed by atoms with Crippen LogP contribution in [-0.4, -0.2) is 52.4 Å². The fourth-order valence-corrected chi connectivity index (χ4v) is 4.04. The van der Waals surface area contributed by atoms with Crippen molar-refractivity contribution in [2.75, 3.05) is 24.6 Å². The molecule has 23 heavy (non-hydrogen) atoms. The molecule has 0 radical (unpaired) electrons. The highest BCUT2D eigenvalue weighted by atomic mass is 33.1. The van der Waals surface area contributed by atoms with Crippen LogP contribution in [0.2, 0.25) is 0 Å². The number of amides is 2. The number of benzene rings is 1. The number of carboxylic acids is 1. The lowest BCUT2D eigenvalue weighted by atomic mass is 10.1. The van der Waals surface area contributed by atoms with Crippen LogP contribution in [0.25, 0.3) is 0 Å². The van der Waals surface area contributed by atoms with Crippen molar-refractivity contribution in [3.05, 3.63) is 35.4 Å². The Bertz CT molecular complexity index is 595. The van der Waals surface area contributed by atoms with E-state index in [9.17, 15) is 14.4 Å². The van der Waals surface area contributed by atoms with Gasteiger partial charge in [0, 0.05) is 30.2 Å². The summed E-state index contributed by atoms with van der Waals surface area (Å²) in [5.41, 5.74) is 1.63. The fourth-order valence-electron chi connectivity index (χ4n) is 2.15. The van der Waals surface area contributed by atoms with Crippen LogP contribution in [0.4, 0.5) is 0 Å². The second-order valence-corrected chi connectivity index (χ2v) is 7.66. The normalized spacial score (nSPS) is 13.0. The van der Waals surface area contributed by atoms with Crippen LogP contribution < -0.4 is 5.32 Å². The largest absolute Gasteiger partial charge is 0.481 e. The van der Waals surface area contributed by atoms with E-state index in [2.05, 4.69) is 5.32 Å². The molecule has 1 heterocycles. The van der Waals surface area contributed by atoms with Crippen molar-refractivity contribution in [1.82, 2.24) is 10.2 Å². The summed E-state index contributed by atoms with van der Waals surface area (Å²) in [6.45, 7) is 1.03.